The lowest BCUT2D eigenvalue weighted by atomic mass is 9.99. The second-order valence-electron chi connectivity index (χ2n) is 7.46. The van der Waals surface area contributed by atoms with Crippen LogP contribution in [0, 0.1) is 6.92 Å². The number of benzene rings is 2. The molecule has 1 aliphatic rings. The third-order valence-corrected chi connectivity index (χ3v) is 6.12. The fraction of sp³-hybridized carbons (Fsp3) is 0.300. The van der Waals surface area contributed by atoms with E-state index >= 15 is 0 Å². The van der Waals surface area contributed by atoms with Crippen LogP contribution >= 0.6 is 11.3 Å². The number of fused-ring (bicyclic) bond motifs is 1. The summed E-state index contributed by atoms with van der Waals surface area (Å²) in [6, 6.07) is 10.1. The molecular formula is C20H11F9N2O2S. The number of thiazole rings is 1. The number of nitrogens with one attached hydrogen (secondary N) is 1. The summed E-state index contributed by atoms with van der Waals surface area (Å²) in [5.41, 5.74) is 1.64. The molecule has 1 N–H and O–H groups in total. The van der Waals surface area contributed by atoms with Crippen LogP contribution in [0.4, 0.5) is 45.2 Å². The molecule has 2 heterocycles. The van der Waals surface area contributed by atoms with Crippen molar-refractivity contribution in [3.8, 4) is 10.6 Å². The highest BCUT2D eigenvalue weighted by Gasteiger charge is 2.96. The van der Waals surface area contributed by atoms with Gasteiger partial charge in [0.2, 0.25) is 0 Å². The van der Waals surface area contributed by atoms with Crippen LogP contribution in [0.3, 0.4) is 0 Å². The van der Waals surface area contributed by atoms with Gasteiger partial charge in [-0.25, -0.2) is 4.98 Å². The lowest BCUT2D eigenvalue weighted by Crippen LogP contribution is -2.63. The normalized spacial score (nSPS) is 23.2. The Morgan fingerprint density at radius 1 is 0.971 bits per heavy atom. The fourth-order valence-electron chi connectivity index (χ4n) is 3.16. The van der Waals surface area contributed by atoms with Crippen LogP contribution in [0.15, 0.2) is 42.5 Å². The third-order valence-electron chi connectivity index (χ3n) is 5.06. The molecule has 2 aromatic carbocycles. The molecule has 1 saturated heterocycles. The van der Waals surface area contributed by atoms with Crippen molar-refractivity contribution in [1.82, 2.24) is 4.98 Å². The van der Waals surface area contributed by atoms with Gasteiger partial charge in [0.05, 0.1) is 10.2 Å². The Morgan fingerprint density at radius 2 is 1.59 bits per heavy atom. The van der Waals surface area contributed by atoms with Gasteiger partial charge >= 0.3 is 35.6 Å². The lowest BCUT2D eigenvalue weighted by molar-refractivity contribution is -0.366. The summed E-state index contributed by atoms with van der Waals surface area (Å²) < 4.78 is 126. The van der Waals surface area contributed by atoms with Crippen LogP contribution in [0.25, 0.3) is 20.8 Å². The quantitative estimate of drug-likeness (QED) is 0.410. The molecule has 182 valence electrons. The topological polar surface area (TPSA) is 51.2 Å². The summed E-state index contributed by atoms with van der Waals surface area (Å²) in [5, 5.41) is 1.85. The number of carbonyl (C=O) groups excluding carboxylic acids is 1. The molecule has 1 aromatic heterocycles. The first kappa shape index (κ1) is 24.3. The van der Waals surface area contributed by atoms with Gasteiger partial charge in [-0.15, -0.1) is 11.3 Å². The molecule has 0 unspecified atom stereocenters. The number of aryl methyl sites for hydroxylation is 1. The predicted molar refractivity (Wildman–Crippen MR) is 103 cm³/mol. The first-order chi connectivity index (χ1) is 15.5. The monoisotopic (exact) mass is 514 g/mol. The van der Waals surface area contributed by atoms with Gasteiger partial charge < -0.3 is 5.32 Å². The summed E-state index contributed by atoms with van der Waals surface area (Å²) in [6.45, 7) is 1.88. The number of alkyl halides is 9. The van der Waals surface area contributed by atoms with Crippen molar-refractivity contribution in [2.24, 2.45) is 0 Å². The molecule has 14 heteroatoms. The SMILES string of the molecule is Cc1ccc2nc(-c3ccc(NC(=O)C(F)(F)[C@@]4(F)OC(F)(F)C(F)(F)C4(F)F)cc3)sc2c1. The van der Waals surface area contributed by atoms with Crippen LogP contribution < -0.4 is 5.32 Å². The molecule has 0 aliphatic carbocycles. The van der Waals surface area contributed by atoms with Gasteiger partial charge in [0.25, 0.3) is 0 Å². The van der Waals surface area contributed by atoms with Gasteiger partial charge in [0.15, 0.2) is 0 Å². The van der Waals surface area contributed by atoms with E-state index in [4.69, 9.17) is 0 Å². The number of hydrogen-bond acceptors (Lipinski definition) is 4. The van der Waals surface area contributed by atoms with Gasteiger partial charge in [-0.05, 0) is 48.9 Å². The maximum Gasteiger partial charge on any atom is 0.428 e. The minimum Gasteiger partial charge on any atom is -0.321 e. The van der Waals surface area contributed by atoms with Crippen molar-refractivity contribution in [2.75, 3.05) is 5.32 Å². The number of hydrogen-bond donors (Lipinski definition) is 1. The van der Waals surface area contributed by atoms with Crippen LogP contribution in [-0.2, 0) is 9.53 Å². The first-order valence-corrected chi connectivity index (χ1v) is 10.0. The second-order valence-corrected chi connectivity index (χ2v) is 8.49. The fourth-order valence-corrected chi connectivity index (χ4v) is 4.23. The average Bonchev–Trinajstić information content (AvgIpc) is 3.19. The Bertz CT molecular complexity index is 1280. The number of carbonyl (C=O) groups is 1. The van der Waals surface area contributed by atoms with Crippen molar-refractivity contribution < 1.29 is 49.0 Å². The molecule has 1 atom stereocenters. The smallest absolute Gasteiger partial charge is 0.321 e. The molecule has 0 bridgehead atoms. The molecule has 1 aliphatic heterocycles. The van der Waals surface area contributed by atoms with Crippen molar-refractivity contribution in [3.63, 3.8) is 0 Å². The Kier molecular flexibility index (Phi) is 5.22. The van der Waals surface area contributed by atoms with E-state index in [2.05, 4.69) is 9.72 Å². The van der Waals surface area contributed by atoms with Gasteiger partial charge in [0.1, 0.15) is 5.01 Å². The number of halogens is 9. The molecule has 0 spiro atoms. The minimum atomic E-state index is -6.74. The number of amides is 1. The first-order valence-electron chi connectivity index (χ1n) is 9.23. The van der Waals surface area contributed by atoms with Crippen molar-refractivity contribution >= 4 is 33.1 Å². The highest BCUT2D eigenvalue weighted by molar-refractivity contribution is 7.21. The molecular weight excluding hydrogens is 503 g/mol. The standard InChI is InChI=1S/C20H11F9N2O2S/c1-9-2-7-12-13(8-9)34-14(31-12)10-3-5-11(6-4-10)30-15(32)16(21,22)19(27)17(23,24)18(25,26)20(28,29)33-19/h2-8H,1H3,(H,30,32)/t19-/m1/s1. The molecule has 3 aromatic rings. The second kappa shape index (κ2) is 7.31. The largest absolute Gasteiger partial charge is 0.428 e. The van der Waals surface area contributed by atoms with Crippen LogP contribution in [0.1, 0.15) is 5.56 Å². The highest BCUT2D eigenvalue weighted by Crippen LogP contribution is 2.64. The van der Waals surface area contributed by atoms with E-state index in [-0.39, 0.29) is 0 Å². The summed E-state index contributed by atoms with van der Waals surface area (Å²) in [4.78, 5) is 16.2. The molecule has 34 heavy (non-hydrogen) atoms. The maximum absolute atomic E-state index is 14.3. The van der Waals surface area contributed by atoms with E-state index in [0.29, 0.717) is 16.1 Å². The third kappa shape index (κ3) is 3.26. The number of ether oxygens (including phenoxy) is 1. The van der Waals surface area contributed by atoms with Gasteiger partial charge in [-0.3, -0.25) is 9.53 Å². The summed E-state index contributed by atoms with van der Waals surface area (Å²) in [5.74, 6) is -28.7. The number of aromatic nitrogens is 1. The van der Waals surface area contributed by atoms with Crippen LogP contribution in [0.5, 0.6) is 0 Å². The van der Waals surface area contributed by atoms with Crippen molar-refractivity contribution in [3.05, 3.63) is 48.0 Å². The van der Waals surface area contributed by atoms with Gasteiger partial charge in [-0.1, -0.05) is 6.07 Å². The predicted octanol–water partition coefficient (Wildman–Crippen LogP) is 6.40. The van der Waals surface area contributed by atoms with Gasteiger partial charge in [0, 0.05) is 11.3 Å². The van der Waals surface area contributed by atoms with E-state index in [1.54, 1.807) is 6.07 Å². The van der Waals surface area contributed by atoms with E-state index in [1.807, 2.05) is 19.1 Å². The summed E-state index contributed by atoms with van der Waals surface area (Å²) in [6.07, 6.45) is -6.30. The number of anilines is 1. The Labute approximate surface area is 188 Å². The van der Waals surface area contributed by atoms with Crippen molar-refractivity contribution in [1.29, 1.82) is 0 Å². The Morgan fingerprint density at radius 3 is 2.15 bits per heavy atom. The Hall–Kier alpha value is -2.87. The van der Waals surface area contributed by atoms with Crippen LogP contribution in [-0.4, -0.2) is 40.6 Å². The highest BCUT2D eigenvalue weighted by atomic mass is 32.1. The molecule has 0 radical (unpaired) electrons. The summed E-state index contributed by atoms with van der Waals surface area (Å²) in [7, 11) is 0. The molecule has 4 nitrogen and oxygen atoms in total. The zero-order valence-corrected chi connectivity index (χ0v) is 17.4. The summed E-state index contributed by atoms with van der Waals surface area (Å²) >= 11 is 1.29. The zero-order chi connectivity index (χ0) is 25.3. The molecule has 4 rings (SSSR count). The van der Waals surface area contributed by atoms with Crippen molar-refractivity contribution in [2.45, 2.75) is 36.7 Å². The molecule has 0 saturated carbocycles. The molecule has 1 fully saturated rings. The Balaban J connectivity index is 1.57. The number of rotatable bonds is 4. The van der Waals surface area contributed by atoms with E-state index in [1.165, 1.54) is 28.8 Å². The van der Waals surface area contributed by atoms with Crippen LogP contribution in [0.2, 0.25) is 0 Å². The minimum absolute atomic E-state index is 0.468. The average molecular weight is 514 g/mol. The van der Waals surface area contributed by atoms with Gasteiger partial charge in [-0.2, -0.15) is 39.5 Å². The van der Waals surface area contributed by atoms with E-state index in [0.717, 1.165) is 22.4 Å². The van der Waals surface area contributed by atoms with E-state index < -0.39 is 41.3 Å². The molecule has 1 amide bonds. The lowest BCUT2D eigenvalue weighted by Gasteiger charge is -2.31. The van der Waals surface area contributed by atoms with E-state index in [9.17, 15) is 44.3 Å². The zero-order valence-electron chi connectivity index (χ0n) is 16.6. The maximum atomic E-state index is 14.3. The number of nitrogens with zero attached hydrogens (tertiary/aromatic N) is 1.